The van der Waals surface area contributed by atoms with Gasteiger partial charge in [-0.3, -0.25) is 14.6 Å². The number of anilines is 1. The molecule has 1 aromatic heterocycles. The molecule has 1 aliphatic rings. The van der Waals surface area contributed by atoms with Crippen LogP contribution in [0.25, 0.3) is 0 Å². The molecule has 0 N–H and O–H groups in total. The third-order valence-corrected chi connectivity index (χ3v) is 3.18. The largest absolute Gasteiger partial charge is 0.359 e. The van der Waals surface area contributed by atoms with Gasteiger partial charge in [-0.25, -0.2) is 0 Å². The number of Topliss-reactive ketones (excluding diaryl/α,β-unsaturated/α-hetero) is 1. The standard InChI is InChI=1S/C13H17N3O2/c1-3-12(17)11-5-4-10(8-14-11)16-7-6-15(2)13(18)9-16/h4-5,8H,3,6-7,9H2,1-2H3. The lowest BCUT2D eigenvalue weighted by atomic mass is 10.2. The molecule has 1 aromatic rings. The summed E-state index contributed by atoms with van der Waals surface area (Å²) in [5.74, 6) is 0.144. The van der Waals surface area contributed by atoms with Crippen LogP contribution in [0.3, 0.4) is 0 Å². The van der Waals surface area contributed by atoms with Crippen molar-refractivity contribution in [1.29, 1.82) is 0 Å². The molecule has 96 valence electrons. The number of carbonyl (C=O) groups excluding carboxylic acids is 2. The van der Waals surface area contributed by atoms with E-state index in [0.29, 0.717) is 25.2 Å². The van der Waals surface area contributed by atoms with E-state index in [-0.39, 0.29) is 11.7 Å². The minimum absolute atomic E-state index is 0.0380. The molecule has 1 aliphatic heterocycles. The monoisotopic (exact) mass is 247 g/mol. The van der Waals surface area contributed by atoms with Gasteiger partial charge in [0.15, 0.2) is 5.78 Å². The van der Waals surface area contributed by atoms with E-state index < -0.39 is 0 Å². The number of likely N-dealkylation sites (N-methyl/N-ethyl adjacent to an activating group) is 1. The Hall–Kier alpha value is -1.91. The summed E-state index contributed by atoms with van der Waals surface area (Å²) in [5, 5.41) is 0. The van der Waals surface area contributed by atoms with Crippen LogP contribution in [0, 0.1) is 0 Å². The highest BCUT2D eigenvalue weighted by Crippen LogP contribution is 2.16. The first-order chi connectivity index (χ1) is 8.61. The van der Waals surface area contributed by atoms with Crippen molar-refractivity contribution in [1.82, 2.24) is 9.88 Å². The number of ketones is 1. The summed E-state index contributed by atoms with van der Waals surface area (Å²) in [6.45, 7) is 3.70. The number of amides is 1. The van der Waals surface area contributed by atoms with Crippen molar-refractivity contribution in [2.75, 3.05) is 31.6 Å². The third kappa shape index (κ3) is 2.50. The first kappa shape index (κ1) is 12.5. The molecule has 0 unspecified atom stereocenters. The minimum atomic E-state index is 0.0380. The Morgan fingerprint density at radius 2 is 2.17 bits per heavy atom. The summed E-state index contributed by atoms with van der Waals surface area (Å²) in [5.41, 5.74) is 1.38. The molecule has 1 amide bonds. The minimum Gasteiger partial charge on any atom is -0.359 e. The van der Waals surface area contributed by atoms with Crippen molar-refractivity contribution >= 4 is 17.4 Å². The number of pyridine rings is 1. The van der Waals surface area contributed by atoms with Crippen LogP contribution < -0.4 is 4.90 Å². The maximum absolute atomic E-state index is 11.6. The number of rotatable bonds is 3. The predicted molar refractivity (Wildman–Crippen MR) is 68.7 cm³/mol. The van der Waals surface area contributed by atoms with Gasteiger partial charge in [-0.05, 0) is 12.1 Å². The summed E-state index contributed by atoms with van der Waals surface area (Å²) in [4.78, 5) is 30.9. The van der Waals surface area contributed by atoms with Crippen LogP contribution >= 0.6 is 0 Å². The van der Waals surface area contributed by atoms with Crippen LogP contribution in [-0.2, 0) is 4.79 Å². The Morgan fingerprint density at radius 3 is 2.72 bits per heavy atom. The average molecular weight is 247 g/mol. The second-order valence-corrected chi connectivity index (χ2v) is 4.42. The van der Waals surface area contributed by atoms with Gasteiger partial charge in [0.05, 0.1) is 18.4 Å². The van der Waals surface area contributed by atoms with E-state index in [1.807, 2.05) is 17.9 Å². The molecule has 0 atom stereocenters. The van der Waals surface area contributed by atoms with Crippen LogP contribution in [0.15, 0.2) is 18.3 Å². The van der Waals surface area contributed by atoms with Crippen molar-refractivity contribution in [2.24, 2.45) is 0 Å². The average Bonchev–Trinajstić information content (AvgIpc) is 2.41. The molecule has 1 saturated heterocycles. The Bertz CT molecular complexity index is 456. The van der Waals surface area contributed by atoms with E-state index in [2.05, 4.69) is 4.98 Å². The zero-order chi connectivity index (χ0) is 13.1. The van der Waals surface area contributed by atoms with Crippen molar-refractivity contribution < 1.29 is 9.59 Å². The van der Waals surface area contributed by atoms with Crippen LogP contribution in [0.1, 0.15) is 23.8 Å². The number of piperazine rings is 1. The fourth-order valence-corrected chi connectivity index (χ4v) is 1.90. The van der Waals surface area contributed by atoms with Crippen molar-refractivity contribution in [3.8, 4) is 0 Å². The van der Waals surface area contributed by atoms with Crippen LogP contribution in [0.4, 0.5) is 5.69 Å². The van der Waals surface area contributed by atoms with E-state index in [0.717, 1.165) is 12.2 Å². The maximum atomic E-state index is 11.6. The highest BCUT2D eigenvalue weighted by molar-refractivity contribution is 5.94. The fraction of sp³-hybridized carbons (Fsp3) is 0.462. The van der Waals surface area contributed by atoms with Crippen molar-refractivity contribution in [3.63, 3.8) is 0 Å². The first-order valence-electron chi connectivity index (χ1n) is 6.10. The molecular formula is C13H17N3O2. The topological polar surface area (TPSA) is 53.5 Å². The highest BCUT2D eigenvalue weighted by atomic mass is 16.2. The van der Waals surface area contributed by atoms with Gasteiger partial charge in [0.1, 0.15) is 5.69 Å². The SMILES string of the molecule is CCC(=O)c1ccc(N2CCN(C)C(=O)C2)cn1. The Labute approximate surface area is 106 Å². The number of hydrogen-bond donors (Lipinski definition) is 0. The predicted octanol–water partition coefficient (Wildman–Crippen LogP) is 0.953. The molecule has 2 rings (SSSR count). The second-order valence-electron chi connectivity index (χ2n) is 4.42. The quantitative estimate of drug-likeness (QED) is 0.746. The van der Waals surface area contributed by atoms with E-state index >= 15 is 0 Å². The molecule has 5 nitrogen and oxygen atoms in total. The van der Waals surface area contributed by atoms with Crippen molar-refractivity contribution in [3.05, 3.63) is 24.0 Å². The van der Waals surface area contributed by atoms with E-state index in [9.17, 15) is 9.59 Å². The van der Waals surface area contributed by atoms with E-state index in [1.54, 1.807) is 24.2 Å². The third-order valence-electron chi connectivity index (χ3n) is 3.18. The molecule has 5 heteroatoms. The van der Waals surface area contributed by atoms with Gasteiger partial charge in [-0.15, -0.1) is 0 Å². The molecule has 2 heterocycles. The second kappa shape index (κ2) is 5.16. The Kier molecular flexibility index (Phi) is 3.60. The smallest absolute Gasteiger partial charge is 0.241 e. The highest BCUT2D eigenvalue weighted by Gasteiger charge is 2.21. The lowest BCUT2D eigenvalue weighted by molar-refractivity contribution is -0.129. The van der Waals surface area contributed by atoms with Gasteiger partial charge < -0.3 is 9.80 Å². The molecule has 0 aromatic carbocycles. The summed E-state index contributed by atoms with van der Waals surface area (Å²) in [7, 11) is 1.81. The molecule has 1 fully saturated rings. The number of hydrogen-bond acceptors (Lipinski definition) is 4. The summed E-state index contributed by atoms with van der Waals surface area (Å²) in [6, 6.07) is 3.58. The van der Waals surface area contributed by atoms with Crippen LogP contribution in [0.2, 0.25) is 0 Å². The molecule has 0 aliphatic carbocycles. The number of carbonyl (C=O) groups is 2. The normalized spacial score (nSPS) is 16.0. The molecule has 0 bridgehead atoms. The van der Waals surface area contributed by atoms with Gasteiger partial charge in [0.2, 0.25) is 5.91 Å². The van der Waals surface area contributed by atoms with E-state index in [4.69, 9.17) is 0 Å². The van der Waals surface area contributed by atoms with Gasteiger partial charge in [-0.2, -0.15) is 0 Å². The van der Waals surface area contributed by atoms with Gasteiger partial charge in [-0.1, -0.05) is 6.92 Å². The van der Waals surface area contributed by atoms with Crippen LogP contribution in [-0.4, -0.2) is 48.3 Å². The lowest BCUT2D eigenvalue weighted by Gasteiger charge is -2.33. The summed E-state index contributed by atoms with van der Waals surface area (Å²) >= 11 is 0. The molecule has 0 spiro atoms. The molecule has 18 heavy (non-hydrogen) atoms. The van der Waals surface area contributed by atoms with Gasteiger partial charge in [0.25, 0.3) is 0 Å². The Balaban J connectivity index is 2.10. The fourth-order valence-electron chi connectivity index (χ4n) is 1.90. The van der Waals surface area contributed by atoms with Crippen molar-refractivity contribution in [2.45, 2.75) is 13.3 Å². The maximum Gasteiger partial charge on any atom is 0.241 e. The molecule has 0 saturated carbocycles. The van der Waals surface area contributed by atoms with E-state index in [1.165, 1.54) is 0 Å². The summed E-state index contributed by atoms with van der Waals surface area (Å²) in [6.07, 6.45) is 2.13. The van der Waals surface area contributed by atoms with Crippen LogP contribution in [0.5, 0.6) is 0 Å². The summed E-state index contributed by atoms with van der Waals surface area (Å²) < 4.78 is 0. The number of aromatic nitrogens is 1. The van der Waals surface area contributed by atoms with Gasteiger partial charge in [0, 0.05) is 26.6 Å². The molecule has 0 radical (unpaired) electrons. The van der Waals surface area contributed by atoms with Gasteiger partial charge >= 0.3 is 0 Å². The zero-order valence-electron chi connectivity index (χ0n) is 10.7. The molecular weight excluding hydrogens is 230 g/mol. The lowest BCUT2D eigenvalue weighted by Crippen LogP contribution is -2.48. The Morgan fingerprint density at radius 1 is 1.39 bits per heavy atom. The zero-order valence-corrected chi connectivity index (χ0v) is 10.7. The number of nitrogens with zero attached hydrogens (tertiary/aromatic N) is 3. The first-order valence-corrected chi connectivity index (χ1v) is 6.10.